The monoisotopic (exact) mass is 462 g/mol. The van der Waals surface area contributed by atoms with Crippen molar-refractivity contribution < 1.29 is 14.5 Å². The van der Waals surface area contributed by atoms with Gasteiger partial charge < -0.3 is 9.64 Å². The molecule has 0 saturated heterocycles. The average molecular weight is 463 g/mol. The predicted octanol–water partition coefficient (Wildman–Crippen LogP) is 5.45. The Hall–Kier alpha value is -2.84. The predicted molar refractivity (Wildman–Crippen MR) is 130 cm³/mol. The molecule has 0 spiro atoms. The molecule has 1 atom stereocenters. The number of amides is 1. The summed E-state index contributed by atoms with van der Waals surface area (Å²) in [5, 5.41) is 11.8. The molecule has 0 radical (unpaired) electrons. The lowest BCUT2D eigenvalue weighted by atomic mass is 10.1. The van der Waals surface area contributed by atoms with Crippen molar-refractivity contribution in [3.8, 4) is 0 Å². The zero-order chi connectivity index (χ0) is 24.5. The second-order valence-corrected chi connectivity index (χ2v) is 8.69. The molecule has 1 unspecified atom stereocenters. The highest BCUT2D eigenvalue weighted by Crippen LogP contribution is 2.32. The number of unbranched alkanes of at least 4 members (excludes halogenated alkanes) is 6. The molecule has 9 heteroatoms. The number of aromatic nitrogens is 2. The molecule has 0 N–H and O–H groups in total. The van der Waals surface area contributed by atoms with Crippen molar-refractivity contribution in [1.29, 1.82) is 0 Å². The molecule has 184 valence electrons. The van der Waals surface area contributed by atoms with Gasteiger partial charge >= 0.3 is 11.8 Å². The van der Waals surface area contributed by atoms with Crippen molar-refractivity contribution in [1.82, 2.24) is 14.0 Å². The first kappa shape index (κ1) is 26.4. The minimum Gasteiger partial charge on any atom is -0.441 e. The molecule has 0 aliphatic heterocycles. The summed E-state index contributed by atoms with van der Waals surface area (Å²) in [4.78, 5) is 38.3. The lowest BCUT2D eigenvalue weighted by molar-refractivity contribution is -0.386. The van der Waals surface area contributed by atoms with Gasteiger partial charge in [0.1, 0.15) is 6.10 Å². The summed E-state index contributed by atoms with van der Waals surface area (Å²) in [7, 11) is 3.19. The molecule has 9 nitrogen and oxygen atoms in total. The van der Waals surface area contributed by atoms with E-state index < -0.39 is 17.1 Å². The molecule has 1 heterocycles. The van der Waals surface area contributed by atoms with E-state index >= 15 is 0 Å². The van der Waals surface area contributed by atoms with Crippen molar-refractivity contribution in [2.45, 2.75) is 78.2 Å². The Labute approximate surface area is 195 Å². The Kier molecular flexibility index (Phi) is 9.94. The molecular weight excluding hydrogens is 424 g/mol. The van der Waals surface area contributed by atoms with Gasteiger partial charge in [0.05, 0.1) is 21.5 Å². The first-order chi connectivity index (χ1) is 15.7. The van der Waals surface area contributed by atoms with Gasteiger partial charge in [-0.2, -0.15) is 0 Å². The molecule has 0 fully saturated rings. The first-order valence-electron chi connectivity index (χ1n) is 12.0. The fourth-order valence-corrected chi connectivity index (χ4v) is 4.08. The van der Waals surface area contributed by atoms with Gasteiger partial charge in [0.25, 0.3) is 5.69 Å². The molecule has 1 aromatic carbocycles. The van der Waals surface area contributed by atoms with Gasteiger partial charge in [-0.25, -0.2) is 9.59 Å². The van der Waals surface area contributed by atoms with E-state index in [-0.39, 0.29) is 16.9 Å². The van der Waals surface area contributed by atoms with Crippen LogP contribution in [0.25, 0.3) is 11.0 Å². The van der Waals surface area contributed by atoms with Gasteiger partial charge in [0.15, 0.2) is 0 Å². The van der Waals surface area contributed by atoms with E-state index in [1.54, 1.807) is 32.0 Å². The number of imidazole rings is 1. The third kappa shape index (κ3) is 6.58. The topological polar surface area (TPSA) is 99.6 Å². The Morgan fingerprint density at radius 3 is 2.00 bits per heavy atom. The lowest BCUT2D eigenvalue weighted by Gasteiger charge is -2.24. The van der Waals surface area contributed by atoms with Gasteiger partial charge in [-0.15, -0.1) is 0 Å². The van der Waals surface area contributed by atoms with Crippen molar-refractivity contribution in [2.24, 2.45) is 14.1 Å². The van der Waals surface area contributed by atoms with Crippen LogP contribution >= 0.6 is 0 Å². The Bertz CT molecular complexity index is 998. The van der Waals surface area contributed by atoms with E-state index in [2.05, 4.69) is 13.8 Å². The maximum absolute atomic E-state index is 13.0. The summed E-state index contributed by atoms with van der Waals surface area (Å²) in [5.74, 6) is 0. The van der Waals surface area contributed by atoms with Gasteiger partial charge in [0, 0.05) is 33.3 Å². The van der Waals surface area contributed by atoms with Crippen molar-refractivity contribution in [2.75, 3.05) is 13.1 Å². The van der Waals surface area contributed by atoms with E-state index in [1.807, 2.05) is 0 Å². The quantitative estimate of drug-likeness (QED) is 0.224. The number of nitro groups is 1. The third-order valence-electron chi connectivity index (χ3n) is 6.15. The van der Waals surface area contributed by atoms with E-state index in [0.29, 0.717) is 24.1 Å². The zero-order valence-electron chi connectivity index (χ0n) is 20.6. The van der Waals surface area contributed by atoms with Gasteiger partial charge in [-0.1, -0.05) is 52.4 Å². The average Bonchev–Trinajstić information content (AvgIpc) is 3.00. The largest absolute Gasteiger partial charge is 0.441 e. The summed E-state index contributed by atoms with van der Waals surface area (Å²) in [6.45, 7) is 7.16. The standard InChI is InChI=1S/C24H38N4O5/c1-6-8-10-12-14-27(15-13-11-9-7-2)24(30)33-18(3)19-16-21-22(17-20(19)28(31)32)26(5)23(29)25(21)4/h16-18H,6-15H2,1-5H3. The smallest absolute Gasteiger partial charge is 0.410 e. The van der Waals surface area contributed by atoms with Crippen LogP contribution in [-0.2, 0) is 18.8 Å². The number of hydrogen-bond acceptors (Lipinski definition) is 5. The van der Waals surface area contributed by atoms with Crippen LogP contribution in [0.3, 0.4) is 0 Å². The van der Waals surface area contributed by atoms with Crippen molar-refractivity contribution >= 4 is 22.8 Å². The fourth-order valence-electron chi connectivity index (χ4n) is 4.08. The Morgan fingerprint density at radius 2 is 1.52 bits per heavy atom. The van der Waals surface area contributed by atoms with Crippen LogP contribution in [0.2, 0.25) is 0 Å². The van der Waals surface area contributed by atoms with Crippen LogP contribution in [0.15, 0.2) is 16.9 Å². The first-order valence-corrected chi connectivity index (χ1v) is 12.0. The molecular formula is C24H38N4O5. The van der Waals surface area contributed by atoms with Crippen LogP contribution in [-0.4, -0.2) is 38.1 Å². The highest BCUT2D eigenvalue weighted by atomic mass is 16.6. The molecule has 33 heavy (non-hydrogen) atoms. The van der Waals surface area contributed by atoms with Gasteiger partial charge in [-0.3, -0.25) is 19.2 Å². The molecule has 0 bridgehead atoms. The molecule has 0 aliphatic carbocycles. The maximum atomic E-state index is 13.0. The van der Waals surface area contributed by atoms with Crippen LogP contribution in [0.1, 0.15) is 83.8 Å². The molecule has 0 aliphatic rings. The molecule has 1 aromatic heterocycles. The number of rotatable bonds is 13. The van der Waals surface area contributed by atoms with Crippen LogP contribution in [0.5, 0.6) is 0 Å². The van der Waals surface area contributed by atoms with E-state index in [4.69, 9.17) is 4.74 Å². The van der Waals surface area contributed by atoms with E-state index in [1.165, 1.54) is 15.2 Å². The molecule has 1 amide bonds. The number of carbonyl (C=O) groups excluding carboxylic acids is 1. The summed E-state index contributed by atoms with van der Waals surface area (Å²) in [6.07, 6.45) is 7.11. The summed E-state index contributed by atoms with van der Waals surface area (Å²) >= 11 is 0. The number of hydrogen-bond donors (Lipinski definition) is 0. The number of nitro benzene ring substituents is 1. The number of ether oxygens (including phenoxy) is 1. The number of benzene rings is 1. The maximum Gasteiger partial charge on any atom is 0.410 e. The summed E-state index contributed by atoms with van der Waals surface area (Å²) in [5.41, 5.74) is 0.860. The normalized spacial score (nSPS) is 12.2. The van der Waals surface area contributed by atoms with Crippen molar-refractivity contribution in [3.05, 3.63) is 38.3 Å². The molecule has 0 saturated carbocycles. The summed E-state index contributed by atoms with van der Waals surface area (Å²) < 4.78 is 8.53. The zero-order valence-corrected chi connectivity index (χ0v) is 20.6. The summed E-state index contributed by atoms with van der Waals surface area (Å²) in [6, 6.07) is 2.96. The van der Waals surface area contributed by atoms with Gasteiger partial charge in [0.2, 0.25) is 0 Å². The minimum absolute atomic E-state index is 0.165. The second-order valence-electron chi connectivity index (χ2n) is 8.69. The van der Waals surface area contributed by atoms with Crippen LogP contribution in [0.4, 0.5) is 10.5 Å². The number of nitrogens with zero attached hydrogens (tertiary/aromatic N) is 4. The minimum atomic E-state index is -0.827. The highest BCUT2D eigenvalue weighted by molar-refractivity contribution is 5.81. The molecule has 2 aromatic rings. The second kappa shape index (κ2) is 12.4. The highest BCUT2D eigenvalue weighted by Gasteiger charge is 2.27. The molecule has 2 rings (SSSR count). The van der Waals surface area contributed by atoms with Crippen LogP contribution < -0.4 is 5.69 Å². The van der Waals surface area contributed by atoms with Crippen molar-refractivity contribution in [3.63, 3.8) is 0 Å². The Morgan fingerprint density at radius 1 is 1.00 bits per heavy atom. The van der Waals surface area contributed by atoms with E-state index in [0.717, 1.165) is 51.4 Å². The number of carbonyl (C=O) groups is 1. The number of fused-ring (bicyclic) bond motifs is 1. The third-order valence-corrected chi connectivity index (χ3v) is 6.15. The Balaban J connectivity index is 2.24. The lowest BCUT2D eigenvalue weighted by Crippen LogP contribution is -2.34. The fraction of sp³-hybridized carbons (Fsp3) is 0.667. The van der Waals surface area contributed by atoms with E-state index in [9.17, 15) is 19.7 Å². The van der Waals surface area contributed by atoms with Crippen LogP contribution in [0, 0.1) is 10.1 Å². The number of aryl methyl sites for hydroxylation is 2. The SMILES string of the molecule is CCCCCCN(CCCCCC)C(=O)OC(C)c1cc2c(cc1[N+](=O)[O-])n(C)c(=O)n2C. The van der Waals surface area contributed by atoms with Gasteiger partial charge in [-0.05, 0) is 25.8 Å².